The van der Waals surface area contributed by atoms with Crippen LogP contribution in [-0.2, 0) is 6.42 Å². The minimum Gasteiger partial charge on any atom is -0.396 e. The van der Waals surface area contributed by atoms with Gasteiger partial charge >= 0.3 is 0 Å². The van der Waals surface area contributed by atoms with E-state index in [0.717, 1.165) is 18.1 Å². The largest absolute Gasteiger partial charge is 0.396 e. The van der Waals surface area contributed by atoms with Crippen LogP contribution < -0.4 is 0 Å². The summed E-state index contributed by atoms with van der Waals surface area (Å²) >= 11 is 0. The normalized spacial score (nSPS) is 10.6. The van der Waals surface area contributed by atoms with Gasteiger partial charge in [0.05, 0.1) is 0 Å². The molecular formula is C15H14F2O. The lowest BCUT2D eigenvalue weighted by Crippen LogP contribution is -1.91. The Balaban J connectivity index is 2.26. The van der Waals surface area contributed by atoms with Crippen LogP contribution in [0.3, 0.4) is 0 Å². The van der Waals surface area contributed by atoms with Crippen LogP contribution in [0.2, 0.25) is 0 Å². The highest BCUT2D eigenvalue weighted by Crippen LogP contribution is 2.24. The smallest absolute Gasteiger partial charge is 0.166 e. The first-order chi connectivity index (χ1) is 8.72. The van der Waals surface area contributed by atoms with Gasteiger partial charge in [0.1, 0.15) is 0 Å². The number of aliphatic hydroxyl groups is 1. The minimum absolute atomic E-state index is 0.153. The lowest BCUT2D eigenvalue weighted by atomic mass is 10.0. The van der Waals surface area contributed by atoms with Crippen molar-refractivity contribution >= 4 is 0 Å². The second-order valence-electron chi connectivity index (χ2n) is 4.13. The maximum Gasteiger partial charge on any atom is 0.166 e. The third-order valence-corrected chi connectivity index (χ3v) is 2.84. The van der Waals surface area contributed by atoms with Gasteiger partial charge in [0.25, 0.3) is 0 Å². The summed E-state index contributed by atoms with van der Waals surface area (Å²) in [4.78, 5) is 0. The van der Waals surface area contributed by atoms with Gasteiger partial charge in [0.2, 0.25) is 0 Å². The van der Waals surface area contributed by atoms with E-state index in [1.807, 2.05) is 12.1 Å². The van der Waals surface area contributed by atoms with Crippen molar-refractivity contribution in [2.24, 2.45) is 0 Å². The maximum absolute atomic E-state index is 13.6. The van der Waals surface area contributed by atoms with Crippen molar-refractivity contribution in [3.8, 4) is 11.1 Å². The van der Waals surface area contributed by atoms with E-state index in [1.54, 1.807) is 18.2 Å². The molecule has 94 valence electrons. The molecule has 2 rings (SSSR count). The summed E-state index contributed by atoms with van der Waals surface area (Å²) in [5.74, 6) is -1.66. The van der Waals surface area contributed by atoms with Crippen LogP contribution in [0.15, 0.2) is 42.5 Å². The van der Waals surface area contributed by atoms with Crippen molar-refractivity contribution in [3.05, 3.63) is 59.7 Å². The Bertz CT molecular complexity index is 521. The topological polar surface area (TPSA) is 20.2 Å². The summed E-state index contributed by atoms with van der Waals surface area (Å²) < 4.78 is 26.7. The second-order valence-corrected chi connectivity index (χ2v) is 4.13. The number of aryl methyl sites for hydroxylation is 1. The molecule has 18 heavy (non-hydrogen) atoms. The van der Waals surface area contributed by atoms with Crippen molar-refractivity contribution in [2.45, 2.75) is 12.8 Å². The molecule has 0 bridgehead atoms. The molecule has 2 aromatic rings. The Labute approximate surface area is 105 Å². The Kier molecular flexibility index (Phi) is 4.05. The van der Waals surface area contributed by atoms with Gasteiger partial charge in [0, 0.05) is 12.2 Å². The number of hydrogen-bond acceptors (Lipinski definition) is 1. The molecule has 0 aliphatic rings. The molecule has 0 saturated heterocycles. The molecule has 1 N–H and O–H groups in total. The van der Waals surface area contributed by atoms with Gasteiger partial charge < -0.3 is 5.11 Å². The van der Waals surface area contributed by atoms with Crippen LogP contribution in [0.1, 0.15) is 12.0 Å². The van der Waals surface area contributed by atoms with Gasteiger partial charge in [-0.25, -0.2) is 8.78 Å². The third-order valence-electron chi connectivity index (χ3n) is 2.84. The highest BCUT2D eigenvalue weighted by molar-refractivity contribution is 5.64. The summed E-state index contributed by atoms with van der Waals surface area (Å²) in [6, 6.07) is 11.4. The van der Waals surface area contributed by atoms with Crippen LogP contribution in [0, 0.1) is 11.6 Å². The van der Waals surface area contributed by atoms with Crippen molar-refractivity contribution in [2.75, 3.05) is 6.61 Å². The van der Waals surface area contributed by atoms with Crippen molar-refractivity contribution in [3.63, 3.8) is 0 Å². The molecule has 0 heterocycles. The predicted molar refractivity (Wildman–Crippen MR) is 67.2 cm³/mol. The average molecular weight is 248 g/mol. The Morgan fingerprint density at radius 3 is 2.33 bits per heavy atom. The molecule has 0 aliphatic carbocycles. The Hall–Kier alpha value is -1.74. The van der Waals surface area contributed by atoms with Gasteiger partial charge in [-0.15, -0.1) is 0 Å². The van der Waals surface area contributed by atoms with E-state index in [0.29, 0.717) is 12.0 Å². The van der Waals surface area contributed by atoms with Crippen molar-refractivity contribution < 1.29 is 13.9 Å². The van der Waals surface area contributed by atoms with Gasteiger partial charge in [-0.1, -0.05) is 36.4 Å². The summed E-state index contributed by atoms with van der Waals surface area (Å²) in [7, 11) is 0. The first-order valence-electron chi connectivity index (χ1n) is 5.86. The van der Waals surface area contributed by atoms with E-state index in [4.69, 9.17) is 5.11 Å². The van der Waals surface area contributed by atoms with E-state index < -0.39 is 11.6 Å². The van der Waals surface area contributed by atoms with Crippen LogP contribution >= 0.6 is 0 Å². The van der Waals surface area contributed by atoms with Gasteiger partial charge in [-0.2, -0.15) is 0 Å². The lowest BCUT2D eigenvalue weighted by molar-refractivity contribution is 0.288. The molecule has 0 saturated carbocycles. The minimum atomic E-state index is -0.836. The molecule has 0 aromatic heterocycles. The monoisotopic (exact) mass is 248 g/mol. The number of hydrogen-bond donors (Lipinski definition) is 1. The molecule has 1 nitrogen and oxygen atoms in total. The number of benzene rings is 2. The summed E-state index contributed by atoms with van der Waals surface area (Å²) in [5.41, 5.74) is 1.99. The average Bonchev–Trinajstić information content (AvgIpc) is 2.40. The first kappa shape index (κ1) is 12.7. The summed E-state index contributed by atoms with van der Waals surface area (Å²) in [6.45, 7) is 0.153. The molecule has 0 aliphatic heterocycles. The highest BCUT2D eigenvalue weighted by Gasteiger charge is 2.09. The zero-order valence-electron chi connectivity index (χ0n) is 9.87. The van der Waals surface area contributed by atoms with Crippen LogP contribution in [-0.4, -0.2) is 11.7 Å². The van der Waals surface area contributed by atoms with Crippen molar-refractivity contribution in [1.29, 1.82) is 0 Å². The van der Waals surface area contributed by atoms with E-state index >= 15 is 0 Å². The van der Waals surface area contributed by atoms with Gasteiger partial charge in [-0.3, -0.25) is 0 Å². The van der Waals surface area contributed by atoms with Crippen LogP contribution in [0.4, 0.5) is 8.78 Å². The molecule has 0 radical (unpaired) electrons. The number of rotatable bonds is 4. The fraction of sp³-hybridized carbons (Fsp3) is 0.200. The van der Waals surface area contributed by atoms with Crippen LogP contribution in [0.25, 0.3) is 11.1 Å². The zero-order valence-corrected chi connectivity index (χ0v) is 9.87. The predicted octanol–water partition coefficient (Wildman–Crippen LogP) is 3.56. The second kappa shape index (κ2) is 5.74. The fourth-order valence-electron chi connectivity index (χ4n) is 1.86. The molecule has 2 aromatic carbocycles. The van der Waals surface area contributed by atoms with E-state index in [2.05, 4.69) is 0 Å². The molecule has 0 amide bonds. The van der Waals surface area contributed by atoms with Crippen molar-refractivity contribution in [1.82, 2.24) is 0 Å². The number of halogens is 2. The van der Waals surface area contributed by atoms with Crippen LogP contribution in [0.5, 0.6) is 0 Å². The molecule has 0 atom stereocenters. The van der Waals surface area contributed by atoms with Gasteiger partial charge in [-0.05, 0) is 30.0 Å². The standard InChI is InChI=1S/C15H14F2O/c16-14-5-1-4-13(15(14)17)12-8-6-11(7-9-12)3-2-10-18/h1,4-9,18H,2-3,10H2. The SMILES string of the molecule is OCCCc1ccc(-c2cccc(F)c2F)cc1. The third kappa shape index (κ3) is 2.74. The zero-order chi connectivity index (χ0) is 13.0. The Morgan fingerprint density at radius 2 is 1.67 bits per heavy atom. The quantitative estimate of drug-likeness (QED) is 0.877. The molecule has 3 heteroatoms. The van der Waals surface area contributed by atoms with E-state index in [9.17, 15) is 8.78 Å². The fourth-order valence-corrected chi connectivity index (χ4v) is 1.86. The highest BCUT2D eigenvalue weighted by atomic mass is 19.2. The summed E-state index contributed by atoms with van der Waals surface area (Å²) in [5, 5.41) is 8.74. The van der Waals surface area contributed by atoms with Gasteiger partial charge in [0.15, 0.2) is 11.6 Å². The molecule has 0 spiro atoms. The summed E-state index contributed by atoms with van der Waals surface area (Å²) in [6.07, 6.45) is 1.48. The number of aliphatic hydroxyl groups excluding tert-OH is 1. The molecule has 0 fully saturated rings. The van der Waals surface area contributed by atoms with E-state index in [-0.39, 0.29) is 12.2 Å². The molecule has 0 unspecified atom stereocenters. The van der Waals surface area contributed by atoms with E-state index in [1.165, 1.54) is 6.07 Å². The lowest BCUT2D eigenvalue weighted by Gasteiger charge is -2.05. The Morgan fingerprint density at radius 1 is 0.944 bits per heavy atom. The first-order valence-corrected chi connectivity index (χ1v) is 5.86. The maximum atomic E-state index is 13.6. The molecular weight excluding hydrogens is 234 g/mol.